The molecule has 18 nitrogen and oxygen atoms in total. The maximum atomic E-state index is 14.0. The van der Waals surface area contributed by atoms with Crippen molar-refractivity contribution in [1.82, 2.24) is 15.4 Å². The third kappa shape index (κ3) is 8.48. The fourth-order valence-corrected chi connectivity index (χ4v) is 6.13. The molecular weight excluding hydrogens is 753 g/mol. The number of hydrogen-bond acceptors (Lipinski definition) is 16. The number of nitro groups is 1. The summed E-state index contributed by atoms with van der Waals surface area (Å²) in [6, 6.07) is 21.6. The maximum absolute atomic E-state index is 14.0. The van der Waals surface area contributed by atoms with Gasteiger partial charge in [0.15, 0.2) is 16.9 Å². The number of oxime groups is 1. The van der Waals surface area contributed by atoms with E-state index < -0.39 is 70.4 Å². The van der Waals surface area contributed by atoms with E-state index in [4.69, 9.17) is 29.6 Å². The van der Waals surface area contributed by atoms with Crippen LogP contribution in [0.1, 0.15) is 55.2 Å². The van der Waals surface area contributed by atoms with Crippen LogP contribution >= 0.6 is 11.3 Å². The zero-order valence-corrected chi connectivity index (χ0v) is 30.6. The number of esters is 3. The fraction of sp³-hybridized carbons (Fsp3) is 0.270. The predicted octanol–water partition coefficient (Wildman–Crippen LogP) is 3.50. The summed E-state index contributed by atoms with van der Waals surface area (Å²) in [6.07, 6.45) is -1.46. The van der Waals surface area contributed by atoms with Gasteiger partial charge in [0.2, 0.25) is 5.60 Å². The number of aromatic nitrogens is 1. The van der Waals surface area contributed by atoms with Crippen molar-refractivity contribution in [3.8, 4) is 0 Å². The van der Waals surface area contributed by atoms with Gasteiger partial charge in [0, 0.05) is 23.9 Å². The van der Waals surface area contributed by atoms with E-state index >= 15 is 0 Å². The Morgan fingerprint density at radius 3 is 2.27 bits per heavy atom. The number of carbonyl (C=O) groups excluding carboxylic acids is 5. The number of ether oxygens (including phenoxy) is 3. The Kier molecular flexibility index (Phi) is 11.4. The lowest BCUT2D eigenvalue weighted by Gasteiger charge is -2.34. The first-order chi connectivity index (χ1) is 26.8. The van der Waals surface area contributed by atoms with Crippen molar-refractivity contribution in [2.24, 2.45) is 5.16 Å². The molecule has 0 spiro atoms. The molecule has 0 aliphatic carbocycles. The smallest absolute Gasteiger partial charge is 0.376 e. The lowest BCUT2D eigenvalue weighted by atomic mass is 10.0. The van der Waals surface area contributed by atoms with Gasteiger partial charge in [0.05, 0.1) is 11.3 Å². The maximum Gasteiger partial charge on any atom is 0.376 e. The zero-order chi connectivity index (χ0) is 40.0. The largest absolute Gasteiger partial charge is 0.458 e. The number of rotatable bonds is 14. The number of hydrogen-bond donors (Lipinski definition) is 2. The van der Waals surface area contributed by atoms with Crippen LogP contribution in [-0.2, 0) is 54.5 Å². The van der Waals surface area contributed by atoms with Crippen molar-refractivity contribution < 1.29 is 52.8 Å². The molecule has 6 rings (SSSR count). The van der Waals surface area contributed by atoms with Crippen LogP contribution in [0.2, 0.25) is 0 Å². The number of hydroxylamine groups is 2. The summed E-state index contributed by atoms with van der Waals surface area (Å²) >= 11 is 0.980. The van der Waals surface area contributed by atoms with Crippen LogP contribution in [0.5, 0.6) is 0 Å². The van der Waals surface area contributed by atoms with Crippen LogP contribution in [0.25, 0.3) is 0 Å². The van der Waals surface area contributed by atoms with Crippen LogP contribution < -0.4 is 11.1 Å². The van der Waals surface area contributed by atoms with Crippen LogP contribution in [0.4, 0.5) is 10.8 Å². The second kappa shape index (κ2) is 16.3. The Morgan fingerprint density at radius 2 is 1.71 bits per heavy atom. The molecule has 56 heavy (non-hydrogen) atoms. The second-order valence-electron chi connectivity index (χ2n) is 12.9. The van der Waals surface area contributed by atoms with Gasteiger partial charge in [-0.05, 0) is 42.7 Å². The van der Waals surface area contributed by atoms with Gasteiger partial charge in [0.25, 0.3) is 17.5 Å². The quantitative estimate of drug-likeness (QED) is 0.0612. The molecule has 2 saturated heterocycles. The van der Waals surface area contributed by atoms with Gasteiger partial charge in [-0.1, -0.05) is 65.8 Å². The molecular formula is C37H34N6O12S. The summed E-state index contributed by atoms with van der Waals surface area (Å²) in [5.41, 5.74) is 2.76. The summed E-state index contributed by atoms with van der Waals surface area (Å²) < 4.78 is 16.8. The van der Waals surface area contributed by atoms with Crippen molar-refractivity contribution in [2.45, 2.75) is 56.8 Å². The molecule has 2 atom stereocenters. The molecule has 2 aliphatic heterocycles. The summed E-state index contributed by atoms with van der Waals surface area (Å²) in [4.78, 5) is 92.7. The van der Waals surface area contributed by atoms with Crippen LogP contribution in [0, 0.1) is 10.1 Å². The molecule has 0 saturated carbocycles. The van der Waals surface area contributed by atoms with E-state index in [0.29, 0.717) is 21.8 Å². The SMILES string of the molecule is CC(C)(O/N=C(\C(=O)N[C@H]1CON(C2(C(=O)OC(c3ccccc3)c3ccccc3)CCC(=O)O2)C1=O)c1csc(N)n1)C(=O)OCc1ccc([N+](=O)[O-])cc1. The number of nitrogens with zero attached hydrogens (tertiary/aromatic N) is 4. The first kappa shape index (κ1) is 39.0. The third-order valence-corrected chi connectivity index (χ3v) is 9.23. The molecule has 4 aromatic rings. The Labute approximate surface area is 322 Å². The van der Waals surface area contributed by atoms with Crippen LogP contribution in [-0.4, -0.2) is 74.4 Å². The monoisotopic (exact) mass is 786 g/mol. The standard InChI is InChI=1S/C37H34N6O12S/c1-36(2,33(47)51-19-22-13-15-25(16-14-22)43(49)50)55-41-29(27-21-56-35(38)40-27)31(45)39-26-20-52-42(32(26)46)37(18-17-28(44)54-37)34(48)53-30(23-9-5-3-6-10-23)24-11-7-4-8-12-24/h3-16,21,26,30H,17-20H2,1-2H3,(H2,38,40)(H,39,45)/b41-29-/t26-,37?/m0/s1. The second-order valence-corrected chi connectivity index (χ2v) is 13.8. The summed E-state index contributed by atoms with van der Waals surface area (Å²) in [5.74, 6) is -4.67. The molecule has 3 aromatic carbocycles. The highest BCUT2D eigenvalue weighted by Gasteiger charge is 2.60. The van der Waals surface area contributed by atoms with E-state index in [9.17, 15) is 34.1 Å². The highest BCUT2D eigenvalue weighted by Crippen LogP contribution is 2.38. The molecule has 19 heteroatoms. The molecule has 3 heterocycles. The van der Waals surface area contributed by atoms with Gasteiger partial charge in [-0.15, -0.1) is 11.3 Å². The van der Waals surface area contributed by atoms with Crippen molar-refractivity contribution in [1.29, 1.82) is 0 Å². The molecule has 290 valence electrons. The molecule has 1 aromatic heterocycles. The number of non-ortho nitro benzene ring substituents is 1. The van der Waals surface area contributed by atoms with Crippen LogP contribution in [0.3, 0.4) is 0 Å². The molecule has 0 radical (unpaired) electrons. The Bertz CT molecular complexity index is 2120. The Hall–Kier alpha value is -6.73. The van der Waals surface area contributed by atoms with Gasteiger partial charge in [0.1, 0.15) is 24.9 Å². The minimum Gasteiger partial charge on any atom is -0.458 e. The van der Waals surface area contributed by atoms with E-state index in [1.54, 1.807) is 60.7 Å². The fourth-order valence-electron chi connectivity index (χ4n) is 5.59. The lowest BCUT2D eigenvalue weighted by molar-refractivity contribution is -0.384. The van der Waals surface area contributed by atoms with Crippen molar-refractivity contribution in [3.63, 3.8) is 0 Å². The van der Waals surface area contributed by atoms with E-state index in [0.717, 1.165) is 11.3 Å². The number of thiazole rings is 1. The number of carbonyl (C=O) groups is 5. The average molecular weight is 787 g/mol. The Balaban J connectivity index is 1.17. The van der Waals surface area contributed by atoms with Gasteiger partial charge in [-0.3, -0.25) is 29.3 Å². The van der Waals surface area contributed by atoms with E-state index in [1.165, 1.54) is 43.5 Å². The number of benzene rings is 3. The van der Waals surface area contributed by atoms with Crippen molar-refractivity contribution in [3.05, 3.63) is 123 Å². The van der Waals surface area contributed by atoms with Gasteiger partial charge in [-0.25, -0.2) is 14.6 Å². The van der Waals surface area contributed by atoms with Gasteiger partial charge in [-0.2, -0.15) is 5.06 Å². The molecule has 2 aliphatic rings. The number of nitrogens with one attached hydrogen (secondary N) is 1. The van der Waals surface area contributed by atoms with E-state index in [2.05, 4.69) is 15.5 Å². The molecule has 3 N–H and O–H groups in total. The number of amides is 2. The van der Waals surface area contributed by atoms with Crippen LogP contribution in [0.15, 0.2) is 95.5 Å². The number of nitrogens with two attached hydrogens (primary N) is 1. The summed E-state index contributed by atoms with van der Waals surface area (Å²) in [6.45, 7) is 1.93. The number of nitrogen functional groups attached to an aromatic ring is 1. The van der Waals surface area contributed by atoms with E-state index in [1.807, 2.05) is 0 Å². The highest BCUT2D eigenvalue weighted by molar-refractivity contribution is 7.13. The van der Waals surface area contributed by atoms with E-state index in [-0.39, 0.29) is 36.0 Å². The Morgan fingerprint density at radius 1 is 1.07 bits per heavy atom. The zero-order valence-electron chi connectivity index (χ0n) is 29.8. The highest BCUT2D eigenvalue weighted by atomic mass is 32.1. The van der Waals surface area contributed by atoms with Gasteiger partial charge < -0.3 is 30.1 Å². The minimum atomic E-state index is -2.31. The third-order valence-electron chi connectivity index (χ3n) is 8.55. The van der Waals surface area contributed by atoms with Gasteiger partial charge >= 0.3 is 23.6 Å². The number of nitro benzene ring substituents is 1. The van der Waals surface area contributed by atoms with Crippen molar-refractivity contribution >= 4 is 57.6 Å². The molecule has 0 bridgehead atoms. The lowest BCUT2D eigenvalue weighted by Crippen LogP contribution is -2.57. The minimum absolute atomic E-state index is 0.0547. The first-order valence-corrected chi connectivity index (χ1v) is 17.8. The summed E-state index contributed by atoms with van der Waals surface area (Å²) in [7, 11) is 0. The van der Waals surface area contributed by atoms with Crippen molar-refractivity contribution in [2.75, 3.05) is 12.3 Å². The normalized spacial score (nSPS) is 18.4. The average Bonchev–Trinajstić information content (AvgIpc) is 3.91. The number of cyclic esters (lactones) is 1. The topological polar surface area (TPSA) is 241 Å². The number of anilines is 1. The molecule has 1 unspecified atom stereocenters. The first-order valence-electron chi connectivity index (χ1n) is 17.0. The predicted molar refractivity (Wildman–Crippen MR) is 195 cm³/mol. The molecule has 2 amide bonds. The summed E-state index contributed by atoms with van der Waals surface area (Å²) in [5, 5.41) is 19.4. The molecule has 2 fully saturated rings.